The van der Waals surface area contributed by atoms with Crippen molar-refractivity contribution in [2.45, 2.75) is 44.4 Å². The van der Waals surface area contributed by atoms with Crippen LogP contribution in [0.2, 0.25) is 0 Å². The second-order valence-corrected chi connectivity index (χ2v) is 11.3. The zero-order valence-electron chi connectivity index (χ0n) is 21.0. The van der Waals surface area contributed by atoms with Gasteiger partial charge in [0, 0.05) is 12.6 Å². The fourth-order valence-corrected chi connectivity index (χ4v) is 6.26. The lowest BCUT2D eigenvalue weighted by Crippen LogP contribution is -2.58. The van der Waals surface area contributed by atoms with E-state index in [4.69, 9.17) is 10.1 Å². The lowest BCUT2D eigenvalue weighted by Gasteiger charge is -2.47. The van der Waals surface area contributed by atoms with Gasteiger partial charge in [-0.1, -0.05) is 32.8 Å². The van der Waals surface area contributed by atoms with Crippen molar-refractivity contribution in [3.05, 3.63) is 45.0 Å². The maximum absolute atomic E-state index is 13.5. The Morgan fingerprint density at radius 2 is 1.86 bits per heavy atom. The van der Waals surface area contributed by atoms with Crippen LogP contribution in [0.1, 0.15) is 37.9 Å². The van der Waals surface area contributed by atoms with Gasteiger partial charge in [-0.2, -0.15) is 9.40 Å². The van der Waals surface area contributed by atoms with E-state index < -0.39 is 14.7 Å². The Kier molecular flexibility index (Phi) is 7.62. The Labute approximate surface area is 210 Å². The highest BCUT2D eigenvalue weighted by Gasteiger charge is 2.33. The number of H-pyrrole nitrogens is 1. The number of hydroxylamine groups is 3. The zero-order chi connectivity index (χ0) is 26.1. The molecule has 0 spiro atoms. The molecule has 4 rings (SSSR count). The highest BCUT2D eigenvalue weighted by molar-refractivity contribution is 7.89. The van der Waals surface area contributed by atoms with Crippen molar-refractivity contribution in [1.29, 1.82) is 0 Å². The summed E-state index contributed by atoms with van der Waals surface area (Å²) in [7, 11) is -2.16. The summed E-state index contributed by atoms with van der Waals surface area (Å²) >= 11 is 0. The molecule has 0 bridgehead atoms. The van der Waals surface area contributed by atoms with Gasteiger partial charge >= 0.3 is 0 Å². The predicted molar refractivity (Wildman–Crippen MR) is 137 cm³/mol. The molecule has 196 valence electrons. The lowest BCUT2D eigenvalue weighted by atomic mass is 10.0. The molecule has 1 aliphatic heterocycles. The molecule has 0 saturated carbocycles. The average molecular weight is 519 g/mol. The van der Waals surface area contributed by atoms with Crippen LogP contribution in [0.5, 0.6) is 0 Å². The maximum atomic E-state index is 13.5. The van der Waals surface area contributed by atoms with Crippen molar-refractivity contribution in [2.24, 2.45) is 7.05 Å². The molecule has 1 saturated heterocycles. The van der Waals surface area contributed by atoms with Gasteiger partial charge in [-0.05, 0) is 30.5 Å². The number of aliphatic hydroxyl groups is 1. The first kappa shape index (κ1) is 26.4. The minimum absolute atomic E-state index is 0.0552. The number of fused-ring (bicyclic) bond motifs is 1. The summed E-state index contributed by atoms with van der Waals surface area (Å²) in [5.41, 5.74) is 2.77. The highest BCUT2D eigenvalue weighted by Crippen LogP contribution is 2.29. The van der Waals surface area contributed by atoms with E-state index in [1.165, 1.54) is 8.99 Å². The standard InChI is InChI=1S/C24H34N6O5S/c1-4-6-17-8-9-18(36(34,35)29-10-12-30(33,13-11-29)14-15-31)16-19(17)23-25-21-20(7-5-2)27-28(3)22(21)24(32)26-23/h8-9,16,31H,4-7,10-15H2,1-3H3,(H,25,26,32). The summed E-state index contributed by atoms with van der Waals surface area (Å²) in [6, 6.07) is 4.92. The third-order valence-electron chi connectivity index (χ3n) is 6.76. The summed E-state index contributed by atoms with van der Waals surface area (Å²) < 4.78 is 29.2. The van der Waals surface area contributed by atoms with Crippen LogP contribution in [0.3, 0.4) is 0 Å². The van der Waals surface area contributed by atoms with E-state index in [1.54, 1.807) is 25.2 Å². The predicted octanol–water partition coefficient (Wildman–Crippen LogP) is 1.54. The van der Waals surface area contributed by atoms with E-state index >= 15 is 0 Å². The van der Waals surface area contributed by atoms with Gasteiger partial charge in [0.25, 0.3) is 5.56 Å². The number of piperazine rings is 1. The number of hydrogen-bond acceptors (Lipinski definition) is 7. The molecule has 0 atom stereocenters. The van der Waals surface area contributed by atoms with E-state index in [2.05, 4.69) is 10.1 Å². The average Bonchev–Trinajstić information content (AvgIpc) is 3.15. The number of aryl methyl sites for hydroxylation is 3. The first-order chi connectivity index (χ1) is 17.1. The summed E-state index contributed by atoms with van der Waals surface area (Å²) in [6.45, 7) is 4.22. The molecule has 2 N–H and O–H groups in total. The molecule has 11 nitrogen and oxygen atoms in total. The number of hydrogen-bond donors (Lipinski definition) is 2. The van der Waals surface area contributed by atoms with Crippen LogP contribution in [0.4, 0.5) is 0 Å². The largest absolute Gasteiger partial charge is 0.633 e. The van der Waals surface area contributed by atoms with Crippen molar-refractivity contribution in [1.82, 2.24) is 24.1 Å². The molecule has 12 heteroatoms. The molecule has 0 radical (unpaired) electrons. The summed E-state index contributed by atoms with van der Waals surface area (Å²) in [4.78, 5) is 20.7. The molecule has 0 unspecified atom stereocenters. The first-order valence-corrected chi connectivity index (χ1v) is 13.8. The number of nitrogens with zero attached hydrogens (tertiary/aromatic N) is 5. The number of aromatic amines is 1. The first-order valence-electron chi connectivity index (χ1n) is 12.4. The van der Waals surface area contributed by atoms with E-state index in [1.807, 2.05) is 13.8 Å². The van der Waals surface area contributed by atoms with Crippen LogP contribution < -0.4 is 5.56 Å². The number of quaternary nitrogens is 1. The van der Waals surface area contributed by atoms with E-state index in [0.29, 0.717) is 35.3 Å². The van der Waals surface area contributed by atoms with Gasteiger partial charge in [0.05, 0.1) is 43.4 Å². The molecule has 2 aromatic heterocycles. The van der Waals surface area contributed by atoms with E-state index in [9.17, 15) is 18.4 Å². The topological polar surface area (TPSA) is 144 Å². The number of benzene rings is 1. The van der Waals surface area contributed by atoms with Crippen LogP contribution in [0.25, 0.3) is 22.4 Å². The van der Waals surface area contributed by atoms with Gasteiger partial charge in [-0.15, -0.1) is 0 Å². The Balaban J connectivity index is 1.77. The monoisotopic (exact) mass is 518 g/mol. The molecule has 1 aliphatic rings. The van der Waals surface area contributed by atoms with Crippen LogP contribution in [-0.4, -0.2) is 81.6 Å². The second-order valence-electron chi connectivity index (χ2n) is 9.36. The second kappa shape index (κ2) is 10.4. The van der Waals surface area contributed by atoms with Gasteiger partial charge in [0.15, 0.2) is 5.52 Å². The highest BCUT2D eigenvalue weighted by atomic mass is 32.2. The fourth-order valence-electron chi connectivity index (χ4n) is 4.81. The summed E-state index contributed by atoms with van der Waals surface area (Å²) in [5, 5.41) is 26.2. The van der Waals surface area contributed by atoms with Gasteiger partial charge in [0.1, 0.15) is 17.9 Å². The molecular weight excluding hydrogens is 484 g/mol. The zero-order valence-corrected chi connectivity index (χ0v) is 21.8. The number of nitrogens with one attached hydrogen (secondary N) is 1. The smallest absolute Gasteiger partial charge is 0.277 e. The van der Waals surface area contributed by atoms with E-state index in [0.717, 1.165) is 24.1 Å². The number of rotatable bonds is 9. The lowest BCUT2D eigenvalue weighted by molar-refractivity contribution is -0.884. The SMILES string of the molecule is CCCc1ccc(S(=O)(=O)N2CC[N+]([O-])(CCO)CC2)cc1-c1nc2c(CCC)nn(C)c2c(=O)[nH]1. The van der Waals surface area contributed by atoms with Crippen molar-refractivity contribution in [2.75, 3.05) is 39.3 Å². The van der Waals surface area contributed by atoms with Crippen LogP contribution in [0.15, 0.2) is 27.9 Å². The van der Waals surface area contributed by atoms with Crippen LogP contribution >= 0.6 is 0 Å². The van der Waals surface area contributed by atoms with Crippen molar-refractivity contribution >= 4 is 21.1 Å². The molecule has 3 heterocycles. The quantitative estimate of drug-likeness (QED) is 0.323. The summed E-state index contributed by atoms with van der Waals surface area (Å²) in [5.74, 6) is 0.315. The van der Waals surface area contributed by atoms with Crippen molar-refractivity contribution < 1.29 is 18.2 Å². The molecule has 0 amide bonds. The van der Waals surface area contributed by atoms with Crippen molar-refractivity contribution in [3.63, 3.8) is 0 Å². The fraction of sp³-hybridized carbons (Fsp3) is 0.542. The van der Waals surface area contributed by atoms with Crippen LogP contribution in [0, 0.1) is 5.21 Å². The van der Waals surface area contributed by atoms with Gasteiger partial charge in [-0.25, -0.2) is 13.4 Å². The summed E-state index contributed by atoms with van der Waals surface area (Å²) in [6.07, 6.45) is 3.05. The van der Waals surface area contributed by atoms with E-state index in [-0.39, 0.29) is 49.8 Å². The Morgan fingerprint density at radius 1 is 1.17 bits per heavy atom. The minimum atomic E-state index is -3.87. The Morgan fingerprint density at radius 3 is 2.50 bits per heavy atom. The third kappa shape index (κ3) is 4.96. The number of sulfonamides is 1. The number of aromatic nitrogens is 4. The maximum Gasteiger partial charge on any atom is 0.277 e. The van der Waals surface area contributed by atoms with Crippen LogP contribution in [-0.2, 0) is 29.9 Å². The molecule has 36 heavy (non-hydrogen) atoms. The third-order valence-corrected chi connectivity index (χ3v) is 8.66. The Hall–Kier alpha value is -2.64. The molecule has 3 aromatic rings. The van der Waals surface area contributed by atoms with Gasteiger partial charge < -0.3 is 19.9 Å². The molecular formula is C24H34N6O5S. The minimum Gasteiger partial charge on any atom is -0.633 e. The van der Waals surface area contributed by atoms with Gasteiger partial charge in [0.2, 0.25) is 10.0 Å². The molecule has 1 aromatic carbocycles. The van der Waals surface area contributed by atoms with Gasteiger partial charge in [-0.3, -0.25) is 9.48 Å². The Bertz CT molecular complexity index is 1410. The van der Waals surface area contributed by atoms with Crippen molar-refractivity contribution in [3.8, 4) is 11.4 Å². The normalized spacial score (nSPS) is 16.6. The molecule has 0 aliphatic carbocycles. The molecule has 1 fully saturated rings. The number of aliphatic hydroxyl groups excluding tert-OH is 1.